The van der Waals surface area contributed by atoms with Gasteiger partial charge < -0.3 is 24.4 Å². The molecule has 0 amide bonds. The zero-order chi connectivity index (χ0) is 18.9. The summed E-state index contributed by atoms with van der Waals surface area (Å²) in [5.74, 6) is 2.73. The van der Waals surface area contributed by atoms with Crippen molar-refractivity contribution in [1.29, 1.82) is 0 Å². The van der Waals surface area contributed by atoms with Gasteiger partial charge in [0.15, 0.2) is 17.5 Å². The van der Waals surface area contributed by atoms with Crippen molar-refractivity contribution in [1.82, 2.24) is 10.2 Å². The first kappa shape index (κ1) is 19.9. The Morgan fingerprint density at radius 1 is 1.12 bits per heavy atom. The Bertz CT molecular complexity index is 717. The van der Waals surface area contributed by atoms with E-state index in [4.69, 9.17) is 14.2 Å². The summed E-state index contributed by atoms with van der Waals surface area (Å²) < 4.78 is 16.3. The molecule has 1 aromatic heterocycles. The second-order valence-corrected chi connectivity index (χ2v) is 6.68. The highest BCUT2D eigenvalue weighted by Gasteiger charge is 2.16. The lowest BCUT2D eigenvalue weighted by atomic mass is 10.1. The average Bonchev–Trinajstić information content (AvgIpc) is 3.19. The number of hydrogen-bond donors (Lipinski definition) is 1. The third-order valence-corrected chi connectivity index (χ3v) is 5.01. The molecule has 0 aliphatic heterocycles. The van der Waals surface area contributed by atoms with E-state index in [1.54, 1.807) is 39.7 Å². The average molecular weight is 378 g/mol. The van der Waals surface area contributed by atoms with E-state index in [1.807, 2.05) is 19.2 Å². The summed E-state index contributed by atoms with van der Waals surface area (Å²) >= 11 is 1.78. The molecule has 0 atom stereocenters. The van der Waals surface area contributed by atoms with Crippen molar-refractivity contribution in [3.8, 4) is 17.2 Å². The lowest BCUT2D eigenvalue weighted by Crippen LogP contribution is -2.39. The molecular weight excluding hydrogens is 350 g/mol. The van der Waals surface area contributed by atoms with E-state index in [2.05, 4.69) is 32.7 Å². The molecule has 0 fully saturated rings. The highest BCUT2D eigenvalue weighted by atomic mass is 32.1. The van der Waals surface area contributed by atoms with Crippen LogP contribution in [0.1, 0.15) is 10.4 Å². The molecule has 1 N–H and O–H groups in total. The number of aliphatic imine (C=N–C) groups is 1. The van der Waals surface area contributed by atoms with E-state index in [1.165, 1.54) is 4.88 Å². The van der Waals surface area contributed by atoms with Gasteiger partial charge in [-0.15, -0.1) is 11.3 Å². The van der Waals surface area contributed by atoms with Crippen LogP contribution < -0.4 is 19.5 Å². The Balaban J connectivity index is 2.03. The largest absolute Gasteiger partial charge is 0.493 e. The van der Waals surface area contributed by atoms with Crippen LogP contribution in [0.5, 0.6) is 17.2 Å². The molecule has 7 heteroatoms. The lowest BCUT2D eigenvalue weighted by Gasteiger charge is -2.23. The number of ether oxygens (including phenoxy) is 3. The van der Waals surface area contributed by atoms with Crippen LogP contribution in [0, 0.1) is 0 Å². The molecule has 2 rings (SSSR count). The van der Waals surface area contributed by atoms with Crippen LogP contribution in [0.25, 0.3) is 0 Å². The molecule has 6 nitrogen and oxygen atoms in total. The van der Waals surface area contributed by atoms with Crippen LogP contribution in [0.15, 0.2) is 34.6 Å². The minimum absolute atomic E-state index is 0.569. The van der Waals surface area contributed by atoms with E-state index in [0.29, 0.717) is 23.8 Å². The summed E-state index contributed by atoms with van der Waals surface area (Å²) in [4.78, 5) is 7.86. The van der Waals surface area contributed by atoms with Crippen LogP contribution in [0.4, 0.5) is 0 Å². The second-order valence-electron chi connectivity index (χ2n) is 5.65. The van der Waals surface area contributed by atoms with Gasteiger partial charge in [0, 0.05) is 37.6 Å². The molecule has 0 saturated carbocycles. The van der Waals surface area contributed by atoms with Crippen LogP contribution in [0.3, 0.4) is 0 Å². The maximum absolute atomic E-state index is 5.54. The molecule has 0 spiro atoms. The van der Waals surface area contributed by atoms with Gasteiger partial charge in [0.05, 0.1) is 21.3 Å². The van der Waals surface area contributed by atoms with E-state index in [9.17, 15) is 0 Å². The fraction of sp³-hybridized carbons (Fsp3) is 0.421. The van der Waals surface area contributed by atoms with E-state index >= 15 is 0 Å². The van der Waals surface area contributed by atoms with Gasteiger partial charge in [0.2, 0.25) is 5.75 Å². The van der Waals surface area contributed by atoms with Crippen molar-refractivity contribution >= 4 is 17.3 Å². The van der Waals surface area contributed by atoms with Crippen molar-refractivity contribution in [3.05, 3.63) is 40.1 Å². The van der Waals surface area contributed by atoms with E-state index in [0.717, 1.165) is 24.5 Å². The van der Waals surface area contributed by atoms with E-state index < -0.39 is 0 Å². The maximum Gasteiger partial charge on any atom is 0.203 e. The molecule has 0 aliphatic carbocycles. The Morgan fingerprint density at radius 3 is 2.46 bits per heavy atom. The highest BCUT2D eigenvalue weighted by Crippen LogP contribution is 2.39. The van der Waals surface area contributed by atoms with Gasteiger partial charge in [-0.1, -0.05) is 6.07 Å². The van der Waals surface area contributed by atoms with Crippen LogP contribution in [-0.2, 0) is 13.0 Å². The summed E-state index contributed by atoms with van der Waals surface area (Å²) in [6.45, 7) is 1.46. The van der Waals surface area contributed by atoms with Gasteiger partial charge in [-0.05, 0) is 30.0 Å². The number of likely N-dealkylation sites (N-methyl/N-ethyl adjacent to an activating group) is 1. The number of guanidine groups is 1. The molecule has 0 radical (unpaired) electrons. The predicted octanol–water partition coefficient (Wildman–Crippen LogP) is 3.02. The minimum Gasteiger partial charge on any atom is -0.493 e. The maximum atomic E-state index is 5.54. The van der Waals surface area contributed by atoms with Gasteiger partial charge in [-0.2, -0.15) is 0 Å². The lowest BCUT2D eigenvalue weighted by molar-refractivity contribution is 0.322. The van der Waals surface area contributed by atoms with E-state index in [-0.39, 0.29) is 0 Å². The molecule has 1 heterocycles. The number of nitrogens with one attached hydrogen (secondary N) is 1. The number of rotatable bonds is 8. The zero-order valence-corrected chi connectivity index (χ0v) is 16.9. The summed E-state index contributed by atoms with van der Waals surface area (Å²) in [5, 5.41) is 5.48. The number of benzene rings is 1. The summed E-state index contributed by atoms with van der Waals surface area (Å²) in [7, 11) is 8.67. The van der Waals surface area contributed by atoms with Crippen molar-refractivity contribution in [2.75, 3.05) is 42.0 Å². The molecule has 26 heavy (non-hydrogen) atoms. The molecule has 0 unspecified atom stereocenters. The van der Waals surface area contributed by atoms with Gasteiger partial charge in [0.25, 0.3) is 0 Å². The first-order valence-corrected chi connectivity index (χ1v) is 9.24. The number of methoxy groups -OCH3 is 3. The zero-order valence-electron chi connectivity index (χ0n) is 16.0. The molecule has 0 aliphatic rings. The standard InChI is InChI=1S/C19H27N3O3S/c1-20-19(22(2)11-10-15-7-6-12-26-15)21-13-14-8-9-16(23-3)18(25-5)17(14)24-4/h6-9,12H,10-11,13H2,1-5H3,(H,20,21). The molecule has 2 aromatic rings. The molecular formula is C19H27N3O3S. The number of thiophene rings is 1. The van der Waals surface area contributed by atoms with Crippen LogP contribution >= 0.6 is 11.3 Å². The van der Waals surface area contributed by atoms with Gasteiger partial charge in [-0.3, -0.25) is 4.99 Å². The first-order chi connectivity index (χ1) is 12.6. The molecule has 0 bridgehead atoms. The number of hydrogen-bond acceptors (Lipinski definition) is 5. The number of nitrogens with zero attached hydrogens (tertiary/aromatic N) is 2. The van der Waals surface area contributed by atoms with Crippen LogP contribution in [-0.4, -0.2) is 52.8 Å². The normalized spacial score (nSPS) is 11.2. The fourth-order valence-corrected chi connectivity index (χ4v) is 3.40. The molecule has 0 saturated heterocycles. The Labute approximate surface area is 159 Å². The minimum atomic E-state index is 0.569. The van der Waals surface area contributed by atoms with Gasteiger partial charge in [0.1, 0.15) is 0 Å². The van der Waals surface area contributed by atoms with Gasteiger partial charge >= 0.3 is 0 Å². The Morgan fingerprint density at radius 2 is 1.88 bits per heavy atom. The van der Waals surface area contributed by atoms with Crippen molar-refractivity contribution in [2.24, 2.45) is 4.99 Å². The third-order valence-electron chi connectivity index (χ3n) is 4.07. The fourth-order valence-electron chi connectivity index (χ4n) is 2.70. The summed E-state index contributed by atoms with van der Waals surface area (Å²) in [6.07, 6.45) is 0.995. The highest BCUT2D eigenvalue weighted by molar-refractivity contribution is 7.09. The van der Waals surface area contributed by atoms with Crippen molar-refractivity contribution in [3.63, 3.8) is 0 Å². The quantitative estimate of drug-likeness (QED) is 0.566. The monoisotopic (exact) mass is 377 g/mol. The Kier molecular flexibility index (Phi) is 7.59. The third kappa shape index (κ3) is 4.82. The smallest absolute Gasteiger partial charge is 0.203 e. The second kappa shape index (κ2) is 9.91. The topological polar surface area (TPSA) is 55.3 Å². The summed E-state index contributed by atoms with van der Waals surface area (Å²) in [6, 6.07) is 8.08. The van der Waals surface area contributed by atoms with Crippen LogP contribution in [0.2, 0.25) is 0 Å². The van der Waals surface area contributed by atoms with Crippen molar-refractivity contribution < 1.29 is 14.2 Å². The Hall–Kier alpha value is -2.41. The molecule has 1 aromatic carbocycles. The molecule has 142 valence electrons. The SMILES string of the molecule is CN=C(NCc1ccc(OC)c(OC)c1OC)N(C)CCc1cccs1. The summed E-state index contributed by atoms with van der Waals surface area (Å²) in [5.41, 5.74) is 0.970. The first-order valence-electron chi connectivity index (χ1n) is 8.36. The van der Waals surface area contributed by atoms with Gasteiger partial charge in [-0.25, -0.2) is 0 Å². The van der Waals surface area contributed by atoms with Crippen molar-refractivity contribution in [2.45, 2.75) is 13.0 Å². The predicted molar refractivity (Wildman–Crippen MR) is 107 cm³/mol.